The second-order valence-corrected chi connectivity index (χ2v) is 4.56. The predicted molar refractivity (Wildman–Crippen MR) is 65.7 cm³/mol. The fourth-order valence-corrected chi connectivity index (χ4v) is 1.43. The molecule has 0 aliphatic rings. The summed E-state index contributed by atoms with van der Waals surface area (Å²) in [7, 11) is 0. The molecule has 17 heavy (non-hydrogen) atoms. The van der Waals surface area contributed by atoms with E-state index in [0.717, 1.165) is 4.47 Å². The number of carbonyl (C=O) groups is 2. The van der Waals surface area contributed by atoms with Crippen LogP contribution in [0, 0.1) is 0 Å². The van der Waals surface area contributed by atoms with Gasteiger partial charge in [-0.05, 0) is 19.1 Å². The Balaban J connectivity index is 2.45. The molecule has 0 bridgehead atoms. The van der Waals surface area contributed by atoms with Crippen LogP contribution in [0.5, 0.6) is 0 Å². The fourth-order valence-electron chi connectivity index (χ4n) is 1.17. The maximum Gasteiger partial charge on any atom is 0.308 e. The van der Waals surface area contributed by atoms with Gasteiger partial charge in [0.25, 0.3) is 0 Å². The number of ketones is 1. The first kappa shape index (κ1) is 13.9. The van der Waals surface area contributed by atoms with Gasteiger partial charge in [-0.2, -0.15) is 0 Å². The summed E-state index contributed by atoms with van der Waals surface area (Å²) in [5.41, 5.74) is 0.484. The van der Waals surface area contributed by atoms with Gasteiger partial charge in [0.2, 0.25) is 0 Å². The zero-order valence-corrected chi connectivity index (χ0v) is 10.9. The number of aliphatic hydroxyl groups is 1. The van der Waals surface area contributed by atoms with Crippen LogP contribution in [0.4, 0.5) is 0 Å². The number of benzene rings is 1. The third kappa shape index (κ3) is 5.10. The van der Waals surface area contributed by atoms with E-state index in [1.807, 2.05) is 0 Å². The van der Waals surface area contributed by atoms with E-state index >= 15 is 0 Å². The van der Waals surface area contributed by atoms with E-state index in [4.69, 9.17) is 9.84 Å². The molecule has 1 N–H and O–H groups in total. The van der Waals surface area contributed by atoms with Gasteiger partial charge in [0.15, 0.2) is 12.4 Å². The lowest BCUT2D eigenvalue weighted by Gasteiger charge is -2.05. The Morgan fingerprint density at radius 1 is 1.35 bits per heavy atom. The Labute approximate surface area is 108 Å². The molecule has 5 heteroatoms. The highest BCUT2D eigenvalue weighted by atomic mass is 79.9. The van der Waals surface area contributed by atoms with E-state index in [0.29, 0.717) is 5.56 Å². The molecule has 0 aliphatic carbocycles. The van der Waals surface area contributed by atoms with Crippen LogP contribution in [0.3, 0.4) is 0 Å². The van der Waals surface area contributed by atoms with Crippen molar-refractivity contribution in [2.24, 2.45) is 0 Å². The smallest absolute Gasteiger partial charge is 0.308 e. The zero-order valence-electron chi connectivity index (χ0n) is 9.35. The van der Waals surface area contributed by atoms with E-state index in [-0.39, 0.29) is 18.8 Å². The van der Waals surface area contributed by atoms with Gasteiger partial charge >= 0.3 is 5.97 Å². The summed E-state index contributed by atoms with van der Waals surface area (Å²) in [6.45, 7) is 1.19. The molecular weight excluding hydrogens is 288 g/mol. The van der Waals surface area contributed by atoms with Crippen LogP contribution in [-0.4, -0.2) is 29.6 Å². The minimum Gasteiger partial charge on any atom is -0.457 e. The van der Waals surface area contributed by atoms with Gasteiger partial charge in [-0.25, -0.2) is 0 Å². The number of carbonyl (C=O) groups excluding carboxylic acids is 2. The summed E-state index contributed by atoms with van der Waals surface area (Å²) in [6.07, 6.45) is -0.863. The average molecular weight is 301 g/mol. The highest BCUT2D eigenvalue weighted by molar-refractivity contribution is 9.10. The number of ether oxygens (including phenoxy) is 1. The van der Waals surface area contributed by atoms with E-state index in [2.05, 4.69) is 15.9 Å². The molecule has 0 amide bonds. The predicted octanol–water partition coefficient (Wildman–Crippen LogP) is 1.95. The third-order valence-corrected chi connectivity index (χ3v) is 2.52. The van der Waals surface area contributed by atoms with Crippen molar-refractivity contribution in [2.75, 3.05) is 6.61 Å². The van der Waals surface area contributed by atoms with Crippen LogP contribution in [0.15, 0.2) is 28.7 Å². The van der Waals surface area contributed by atoms with Crippen LogP contribution >= 0.6 is 15.9 Å². The second-order valence-electron chi connectivity index (χ2n) is 3.64. The molecule has 0 saturated heterocycles. The van der Waals surface area contributed by atoms with Gasteiger partial charge in [-0.15, -0.1) is 0 Å². The molecule has 92 valence electrons. The number of hydrogen-bond donors (Lipinski definition) is 1. The first-order valence-electron chi connectivity index (χ1n) is 5.11. The molecule has 1 rings (SSSR count). The molecule has 4 nitrogen and oxygen atoms in total. The molecular formula is C12H13BrO4. The molecule has 0 spiro atoms. The zero-order chi connectivity index (χ0) is 12.8. The minimum atomic E-state index is -0.759. The molecule has 0 unspecified atom stereocenters. The Hall–Kier alpha value is -1.20. The average Bonchev–Trinajstić information content (AvgIpc) is 2.26. The Kier molecular flexibility index (Phi) is 5.31. The molecule has 0 aromatic heterocycles. The van der Waals surface area contributed by atoms with Gasteiger partial charge in [-0.1, -0.05) is 28.1 Å². The maximum atomic E-state index is 11.6. The molecule has 0 radical (unpaired) electrons. The van der Waals surface area contributed by atoms with Gasteiger partial charge in [0, 0.05) is 10.0 Å². The lowest BCUT2D eigenvalue weighted by atomic mass is 10.1. The van der Waals surface area contributed by atoms with Crippen LogP contribution in [0.2, 0.25) is 0 Å². The molecule has 0 saturated carbocycles. The van der Waals surface area contributed by atoms with Crippen molar-refractivity contribution in [2.45, 2.75) is 19.4 Å². The topological polar surface area (TPSA) is 63.6 Å². The lowest BCUT2D eigenvalue weighted by molar-refractivity contribution is -0.144. The van der Waals surface area contributed by atoms with Crippen molar-refractivity contribution in [3.63, 3.8) is 0 Å². The largest absolute Gasteiger partial charge is 0.457 e. The lowest BCUT2D eigenvalue weighted by Crippen LogP contribution is -2.17. The Morgan fingerprint density at radius 2 is 1.94 bits per heavy atom. The highest BCUT2D eigenvalue weighted by Gasteiger charge is 2.11. The number of halogens is 1. The van der Waals surface area contributed by atoms with Crippen LogP contribution in [0.1, 0.15) is 23.7 Å². The molecule has 1 aromatic carbocycles. The summed E-state index contributed by atoms with van der Waals surface area (Å²) in [4.78, 5) is 22.7. The molecule has 1 aromatic rings. The van der Waals surface area contributed by atoms with Crippen molar-refractivity contribution in [1.29, 1.82) is 0 Å². The summed E-state index contributed by atoms with van der Waals surface area (Å²) in [6, 6.07) is 6.78. The van der Waals surface area contributed by atoms with Crippen molar-refractivity contribution in [1.82, 2.24) is 0 Å². The Bertz CT molecular complexity index is 397. The van der Waals surface area contributed by atoms with E-state index < -0.39 is 12.1 Å². The summed E-state index contributed by atoms with van der Waals surface area (Å²) >= 11 is 3.26. The van der Waals surface area contributed by atoms with E-state index in [9.17, 15) is 9.59 Å². The van der Waals surface area contributed by atoms with Crippen molar-refractivity contribution in [3.05, 3.63) is 34.3 Å². The minimum absolute atomic E-state index is 0.104. The number of rotatable bonds is 5. The van der Waals surface area contributed by atoms with Gasteiger partial charge < -0.3 is 9.84 Å². The normalized spacial score (nSPS) is 11.9. The second kappa shape index (κ2) is 6.51. The highest BCUT2D eigenvalue weighted by Crippen LogP contribution is 2.11. The molecule has 0 heterocycles. The van der Waals surface area contributed by atoms with Crippen LogP contribution in [-0.2, 0) is 9.53 Å². The number of hydrogen-bond acceptors (Lipinski definition) is 4. The summed E-state index contributed by atoms with van der Waals surface area (Å²) in [5.74, 6) is -0.845. The number of esters is 1. The van der Waals surface area contributed by atoms with Crippen LogP contribution in [0.25, 0.3) is 0 Å². The van der Waals surface area contributed by atoms with E-state index in [1.54, 1.807) is 24.3 Å². The SMILES string of the molecule is C[C@@H](O)CC(=O)OCC(=O)c1ccc(Br)cc1. The maximum absolute atomic E-state index is 11.6. The van der Waals surface area contributed by atoms with Gasteiger partial charge in [0.1, 0.15) is 0 Å². The van der Waals surface area contributed by atoms with Crippen molar-refractivity contribution < 1.29 is 19.4 Å². The van der Waals surface area contributed by atoms with Crippen molar-refractivity contribution >= 4 is 27.7 Å². The summed E-state index contributed by atoms with van der Waals surface area (Å²) < 4.78 is 5.61. The third-order valence-electron chi connectivity index (χ3n) is 1.99. The van der Waals surface area contributed by atoms with E-state index in [1.165, 1.54) is 6.92 Å². The number of aliphatic hydroxyl groups excluding tert-OH is 1. The van der Waals surface area contributed by atoms with Gasteiger partial charge in [-0.3, -0.25) is 9.59 Å². The Morgan fingerprint density at radius 3 is 2.47 bits per heavy atom. The monoisotopic (exact) mass is 300 g/mol. The summed E-state index contributed by atoms with van der Waals surface area (Å²) in [5, 5.41) is 8.94. The van der Waals surface area contributed by atoms with Crippen molar-refractivity contribution in [3.8, 4) is 0 Å². The molecule has 1 atom stereocenters. The fraction of sp³-hybridized carbons (Fsp3) is 0.333. The first-order chi connectivity index (χ1) is 7.99. The van der Waals surface area contributed by atoms with Gasteiger partial charge in [0.05, 0.1) is 12.5 Å². The quantitative estimate of drug-likeness (QED) is 0.667. The first-order valence-corrected chi connectivity index (χ1v) is 5.91. The molecule has 0 fully saturated rings. The standard InChI is InChI=1S/C12H13BrO4/c1-8(14)6-12(16)17-7-11(15)9-2-4-10(13)5-3-9/h2-5,8,14H,6-7H2,1H3/t8-/m1/s1. The number of Topliss-reactive ketones (excluding diaryl/α,β-unsaturated/α-hetero) is 1. The molecule has 0 aliphatic heterocycles. The van der Waals surface area contributed by atoms with Crippen LogP contribution < -0.4 is 0 Å².